The van der Waals surface area contributed by atoms with E-state index in [1.165, 1.54) is 12.1 Å². The van der Waals surface area contributed by atoms with Gasteiger partial charge in [0, 0.05) is 37.3 Å². The van der Waals surface area contributed by atoms with Gasteiger partial charge in [-0.15, -0.1) is 0 Å². The maximum atomic E-state index is 13.4. The molecular weight excluding hydrogens is 412 g/mol. The van der Waals surface area contributed by atoms with E-state index in [1.807, 2.05) is 55.4 Å². The third kappa shape index (κ3) is 5.44. The zero-order chi connectivity index (χ0) is 22.6. The van der Waals surface area contributed by atoms with Gasteiger partial charge in [-0.3, -0.25) is 4.79 Å². The molecular formula is C24H26N2O4S. The SMILES string of the molecule is COc1ccc(N(Cc2ccc(N(C)C)cc2)C(=O)c2ccc(S(C)(=O)=O)cc2)cc1. The Kier molecular flexibility index (Phi) is 6.65. The Labute approximate surface area is 183 Å². The fraction of sp³-hybridized carbons (Fsp3) is 0.208. The average molecular weight is 439 g/mol. The number of carbonyl (C=O) groups excluding carboxylic acids is 1. The summed E-state index contributed by atoms with van der Waals surface area (Å²) in [5, 5.41) is 0. The molecule has 0 spiro atoms. The van der Waals surface area contributed by atoms with Gasteiger partial charge in [-0.05, 0) is 66.2 Å². The molecule has 0 bridgehead atoms. The van der Waals surface area contributed by atoms with Crippen LogP contribution >= 0.6 is 0 Å². The van der Waals surface area contributed by atoms with E-state index in [2.05, 4.69) is 0 Å². The van der Waals surface area contributed by atoms with Gasteiger partial charge in [0.15, 0.2) is 9.84 Å². The summed E-state index contributed by atoms with van der Waals surface area (Å²) in [7, 11) is 2.21. The zero-order valence-corrected chi connectivity index (χ0v) is 18.9. The smallest absolute Gasteiger partial charge is 0.258 e. The standard InChI is InChI=1S/C24H26N2O4S/c1-25(2)20-9-5-18(6-10-20)17-26(21-11-13-22(30-3)14-12-21)24(27)19-7-15-23(16-8-19)31(4,28)29/h5-16H,17H2,1-4H3. The Morgan fingerprint density at radius 2 is 1.39 bits per heavy atom. The molecule has 0 saturated heterocycles. The highest BCUT2D eigenvalue weighted by atomic mass is 32.2. The predicted octanol–water partition coefficient (Wildman–Crippen LogP) is 4.01. The Hall–Kier alpha value is -3.32. The van der Waals surface area contributed by atoms with Gasteiger partial charge < -0.3 is 14.5 Å². The first kappa shape index (κ1) is 22.4. The number of nitrogens with zero attached hydrogens (tertiary/aromatic N) is 2. The summed E-state index contributed by atoms with van der Waals surface area (Å²) in [5.74, 6) is 0.478. The summed E-state index contributed by atoms with van der Waals surface area (Å²) in [6.07, 6.45) is 1.14. The average Bonchev–Trinajstić information content (AvgIpc) is 2.77. The van der Waals surface area contributed by atoms with E-state index in [0.29, 0.717) is 17.9 Å². The van der Waals surface area contributed by atoms with E-state index in [4.69, 9.17) is 4.74 Å². The lowest BCUT2D eigenvalue weighted by atomic mass is 10.1. The second-order valence-corrected chi connectivity index (χ2v) is 9.46. The van der Waals surface area contributed by atoms with Crippen LogP contribution in [0.15, 0.2) is 77.7 Å². The van der Waals surface area contributed by atoms with Gasteiger partial charge in [0.05, 0.1) is 18.6 Å². The third-order valence-corrected chi connectivity index (χ3v) is 6.08. The maximum absolute atomic E-state index is 13.4. The Bertz CT molecular complexity index is 1140. The Balaban J connectivity index is 1.95. The van der Waals surface area contributed by atoms with Gasteiger partial charge in [-0.1, -0.05) is 12.1 Å². The van der Waals surface area contributed by atoms with Crippen molar-refractivity contribution in [3.63, 3.8) is 0 Å². The molecule has 0 fully saturated rings. The monoisotopic (exact) mass is 438 g/mol. The van der Waals surface area contributed by atoms with E-state index in [1.54, 1.807) is 36.3 Å². The molecule has 6 nitrogen and oxygen atoms in total. The number of sulfone groups is 1. The number of amides is 1. The molecule has 0 unspecified atom stereocenters. The number of hydrogen-bond donors (Lipinski definition) is 0. The molecule has 0 heterocycles. The van der Waals surface area contributed by atoms with Gasteiger partial charge in [0.1, 0.15) is 5.75 Å². The molecule has 3 aromatic carbocycles. The molecule has 0 atom stereocenters. The van der Waals surface area contributed by atoms with Crippen molar-refractivity contribution in [2.45, 2.75) is 11.4 Å². The third-order valence-electron chi connectivity index (χ3n) is 4.95. The lowest BCUT2D eigenvalue weighted by Gasteiger charge is -2.24. The second-order valence-electron chi connectivity index (χ2n) is 7.45. The van der Waals surface area contributed by atoms with Crippen molar-refractivity contribution in [3.8, 4) is 5.75 Å². The minimum Gasteiger partial charge on any atom is -0.497 e. The maximum Gasteiger partial charge on any atom is 0.258 e. The molecule has 7 heteroatoms. The van der Waals surface area contributed by atoms with Gasteiger partial charge in [0.2, 0.25) is 0 Å². The van der Waals surface area contributed by atoms with Crippen LogP contribution in [0.3, 0.4) is 0 Å². The number of anilines is 2. The van der Waals surface area contributed by atoms with Crippen LogP contribution in [0.4, 0.5) is 11.4 Å². The molecule has 0 aromatic heterocycles. The Morgan fingerprint density at radius 1 is 0.839 bits per heavy atom. The highest BCUT2D eigenvalue weighted by Gasteiger charge is 2.19. The molecule has 0 aliphatic heterocycles. The van der Waals surface area contributed by atoms with Crippen LogP contribution in [-0.2, 0) is 16.4 Å². The van der Waals surface area contributed by atoms with E-state index in [9.17, 15) is 13.2 Å². The second kappa shape index (κ2) is 9.22. The van der Waals surface area contributed by atoms with Crippen LogP contribution < -0.4 is 14.5 Å². The zero-order valence-electron chi connectivity index (χ0n) is 18.1. The molecule has 0 radical (unpaired) electrons. The fourth-order valence-electron chi connectivity index (χ4n) is 3.13. The highest BCUT2D eigenvalue weighted by molar-refractivity contribution is 7.90. The summed E-state index contributed by atoms with van der Waals surface area (Å²) in [6, 6.07) is 21.3. The summed E-state index contributed by atoms with van der Waals surface area (Å²) in [6.45, 7) is 0.368. The van der Waals surface area contributed by atoms with Crippen molar-refractivity contribution in [2.75, 3.05) is 37.3 Å². The van der Waals surface area contributed by atoms with Crippen LogP contribution in [-0.4, -0.2) is 41.8 Å². The van der Waals surface area contributed by atoms with E-state index >= 15 is 0 Å². The topological polar surface area (TPSA) is 66.9 Å². The first-order valence-electron chi connectivity index (χ1n) is 9.71. The summed E-state index contributed by atoms with van der Waals surface area (Å²) in [4.78, 5) is 17.2. The van der Waals surface area contributed by atoms with E-state index in [-0.39, 0.29) is 10.8 Å². The fourth-order valence-corrected chi connectivity index (χ4v) is 3.76. The number of hydrogen-bond acceptors (Lipinski definition) is 5. The summed E-state index contributed by atoms with van der Waals surface area (Å²) in [5.41, 5.74) is 3.17. The first-order chi connectivity index (χ1) is 14.7. The van der Waals surface area contributed by atoms with E-state index < -0.39 is 9.84 Å². The lowest BCUT2D eigenvalue weighted by Crippen LogP contribution is -2.30. The van der Waals surface area contributed by atoms with Crippen molar-refractivity contribution in [2.24, 2.45) is 0 Å². The number of methoxy groups -OCH3 is 1. The molecule has 3 rings (SSSR count). The highest BCUT2D eigenvalue weighted by Crippen LogP contribution is 2.24. The van der Waals surface area contributed by atoms with Crippen LogP contribution in [0, 0.1) is 0 Å². The quantitative estimate of drug-likeness (QED) is 0.558. The summed E-state index contributed by atoms with van der Waals surface area (Å²) < 4.78 is 28.7. The van der Waals surface area contributed by atoms with Gasteiger partial charge in [-0.25, -0.2) is 8.42 Å². The van der Waals surface area contributed by atoms with Crippen LogP contribution in [0.25, 0.3) is 0 Å². The van der Waals surface area contributed by atoms with Crippen LogP contribution in [0.1, 0.15) is 15.9 Å². The van der Waals surface area contributed by atoms with Crippen molar-refractivity contribution in [1.82, 2.24) is 0 Å². The van der Waals surface area contributed by atoms with Crippen LogP contribution in [0.2, 0.25) is 0 Å². The van der Waals surface area contributed by atoms with Gasteiger partial charge >= 0.3 is 0 Å². The normalized spacial score (nSPS) is 11.1. The molecule has 1 amide bonds. The minimum atomic E-state index is -3.33. The minimum absolute atomic E-state index is 0.180. The molecule has 0 aliphatic rings. The number of rotatable bonds is 7. The predicted molar refractivity (Wildman–Crippen MR) is 124 cm³/mol. The summed E-state index contributed by atoms with van der Waals surface area (Å²) >= 11 is 0. The Morgan fingerprint density at radius 3 is 1.87 bits per heavy atom. The van der Waals surface area contributed by atoms with Crippen molar-refractivity contribution >= 4 is 27.1 Å². The van der Waals surface area contributed by atoms with Gasteiger partial charge in [-0.2, -0.15) is 0 Å². The molecule has 31 heavy (non-hydrogen) atoms. The largest absolute Gasteiger partial charge is 0.497 e. The van der Waals surface area contributed by atoms with E-state index in [0.717, 1.165) is 23.2 Å². The molecule has 0 saturated carbocycles. The molecule has 0 N–H and O–H groups in total. The molecule has 0 aliphatic carbocycles. The van der Waals surface area contributed by atoms with Gasteiger partial charge in [0.25, 0.3) is 5.91 Å². The number of benzene rings is 3. The van der Waals surface area contributed by atoms with Crippen molar-refractivity contribution in [1.29, 1.82) is 0 Å². The van der Waals surface area contributed by atoms with Crippen molar-refractivity contribution in [3.05, 3.63) is 83.9 Å². The van der Waals surface area contributed by atoms with Crippen LogP contribution in [0.5, 0.6) is 5.75 Å². The first-order valence-corrected chi connectivity index (χ1v) is 11.6. The lowest BCUT2D eigenvalue weighted by molar-refractivity contribution is 0.0985. The number of carbonyl (C=O) groups is 1. The van der Waals surface area contributed by atoms with Crippen molar-refractivity contribution < 1.29 is 17.9 Å². The number of ether oxygens (including phenoxy) is 1. The molecule has 3 aromatic rings. The molecule has 162 valence electrons.